The Bertz CT molecular complexity index is 862. The van der Waals surface area contributed by atoms with E-state index in [-0.39, 0.29) is 18.9 Å². The molecule has 0 unspecified atom stereocenters. The molecule has 1 N–H and O–H groups in total. The number of carbonyl (C=O) groups is 4. The topological polar surface area (TPSA) is 99.3 Å². The molecule has 0 radical (unpaired) electrons. The molecular weight excluding hydrogens is 395 g/mol. The minimum Gasteiger partial charge on any atom is -0.444 e. The van der Waals surface area contributed by atoms with Crippen LogP contribution in [0, 0.1) is 5.82 Å². The summed E-state index contributed by atoms with van der Waals surface area (Å²) in [6.45, 7) is 4.35. The molecular formula is C20H25FN4O5. The Kier molecular flexibility index (Phi) is 6.66. The van der Waals surface area contributed by atoms with E-state index in [0.717, 1.165) is 0 Å². The fourth-order valence-electron chi connectivity index (χ4n) is 3.50. The van der Waals surface area contributed by atoms with Crippen molar-refractivity contribution in [3.8, 4) is 0 Å². The number of halogens is 1. The Morgan fingerprint density at radius 2 is 1.97 bits per heavy atom. The van der Waals surface area contributed by atoms with E-state index in [1.54, 1.807) is 17.0 Å². The molecule has 9 nitrogen and oxygen atoms in total. The summed E-state index contributed by atoms with van der Waals surface area (Å²) >= 11 is 0. The van der Waals surface area contributed by atoms with Crippen molar-refractivity contribution in [2.24, 2.45) is 0 Å². The number of amides is 2. The molecule has 2 amide bonds. The zero-order valence-electron chi connectivity index (χ0n) is 17.0. The Labute approximate surface area is 173 Å². The van der Waals surface area contributed by atoms with Crippen LogP contribution in [0.1, 0.15) is 26.7 Å². The van der Waals surface area contributed by atoms with Crippen molar-refractivity contribution < 1.29 is 28.3 Å². The van der Waals surface area contributed by atoms with Gasteiger partial charge >= 0.3 is 12.0 Å². The lowest BCUT2D eigenvalue weighted by Crippen LogP contribution is -2.46. The SMILES string of the molecule is CC(=O)CC[C@H]1CN(c2ccc(N3CCNN(C(=O)C(C)=O)CC3)c(F)c2)C(=O)O1. The Morgan fingerprint density at radius 3 is 2.63 bits per heavy atom. The van der Waals surface area contributed by atoms with Gasteiger partial charge in [-0.1, -0.05) is 0 Å². The molecule has 0 saturated carbocycles. The third-order valence-electron chi connectivity index (χ3n) is 5.10. The van der Waals surface area contributed by atoms with Crippen LogP contribution in [0.15, 0.2) is 18.2 Å². The highest BCUT2D eigenvalue weighted by Crippen LogP contribution is 2.29. The summed E-state index contributed by atoms with van der Waals surface area (Å²) in [7, 11) is 0. The molecule has 30 heavy (non-hydrogen) atoms. The molecule has 1 aromatic rings. The molecule has 1 atom stereocenters. The van der Waals surface area contributed by atoms with E-state index in [9.17, 15) is 23.6 Å². The number of carbonyl (C=O) groups excluding carboxylic acids is 4. The van der Waals surface area contributed by atoms with Crippen LogP contribution in [-0.2, 0) is 19.1 Å². The number of hydrazine groups is 1. The molecule has 2 aliphatic rings. The number of anilines is 2. The van der Waals surface area contributed by atoms with Gasteiger partial charge < -0.3 is 14.4 Å². The van der Waals surface area contributed by atoms with E-state index in [0.29, 0.717) is 43.9 Å². The second-order valence-corrected chi connectivity index (χ2v) is 7.40. The minimum absolute atomic E-state index is 0.0235. The number of nitrogens with zero attached hydrogens (tertiary/aromatic N) is 3. The summed E-state index contributed by atoms with van der Waals surface area (Å²) < 4.78 is 20.1. The summed E-state index contributed by atoms with van der Waals surface area (Å²) in [6, 6.07) is 4.51. The molecule has 162 valence electrons. The number of benzene rings is 1. The zero-order chi connectivity index (χ0) is 21.8. The highest BCUT2D eigenvalue weighted by atomic mass is 19.1. The van der Waals surface area contributed by atoms with Crippen molar-refractivity contribution in [2.75, 3.05) is 42.5 Å². The minimum atomic E-state index is -0.625. The van der Waals surface area contributed by atoms with Crippen LogP contribution in [0.3, 0.4) is 0 Å². The maximum Gasteiger partial charge on any atom is 0.414 e. The monoisotopic (exact) mass is 420 g/mol. The fraction of sp³-hybridized carbons (Fsp3) is 0.500. The van der Waals surface area contributed by atoms with Crippen molar-refractivity contribution in [1.29, 1.82) is 0 Å². The van der Waals surface area contributed by atoms with Gasteiger partial charge in [0.05, 0.1) is 24.5 Å². The lowest BCUT2D eigenvalue weighted by molar-refractivity contribution is -0.145. The van der Waals surface area contributed by atoms with Crippen LogP contribution in [0.25, 0.3) is 0 Å². The van der Waals surface area contributed by atoms with Crippen molar-refractivity contribution in [2.45, 2.75) is 32.8 Å². The van der Waals surface area contributed by atoms with Crippen molar-refractivity contribution in [1.82, 2.24) is 10.4 Å². The third kappa shape index (κ3) is 4.93. The molecule has 2 saturated heterocycles. The second-order valence-electron chi connectivity index (χ2n) is 7.40. The summed E-state index contributed by atoms with van der Waals surface area (Å²) in [6.07, 6.45) is -0.196. The smallest absolute Gasteiger partial charge is 0.414 e. The van der Waals surface area contributed by atoms with Crippen LogP contribution in [0.4, 0.5) is 20.6 Å². The summed E-state index contributed by atoms with van der Waals surface area (Å²) in [5, 5.41) is 1.25. The van der Waals surface area contributed by atoms with Crippen molar-refractivity contribution in [3.63, 3.8) is 0 Å². The fourth-order valence-corrected chi connectivity index (χ4v) is 3.50. The highest BCUT2D eigenvalue weighted by Gasteiger charge is 2.33. The largest absolute Gasteiger partial charge is 0.444 e. The molecule has 0 bridgehead atoms. The van der Waals surface area contributed by atoms with Gasteiger partial charge in [0.25, 0.3) is 0 Å². The molecule has 2 aliphatic heterocycles. The number of hydrogen-bond acceptors (Lipinski definition) is 7. The van der Waals surface area contributed by atoms with Gasteiger partial charge in [-0.3, -0.25) is 19.5 Å². The summed E-state index contributed by atoms with van der Waals surface area (Å²) in [4.78, 5) is 49.5. The predicted molar refractivity (Wildman–Crippen MR) is 107 cm³/mol. The average molecular weight is 420 g/mol. The molecule has 3 rings (SSSR count). The van der Waals surface area contributed by atoms with Crippen LogP contribution in [-0.4, -0.2) is 67.4 Å². The lowest BCUT2D eigenvalue weighted by Gasteiger charge is -2.24. The Balaban J connectivity index is 1.67. The van der Waals surface area contributed by atoms with E-state index >= 15 is 0 Å². The van der Waals surface area contributed by atoms with Gasteiger partial charge in [0.15, 0.2) is 0 Å². The van der Waals surface area contributed by atoms with Gasteiger partial charge in [0.2, 0.25) is 5.78 Å². The number of ether oxygens (including phenoxy) is 1. The van der Waals surface area contributed by atoms with Crippen LogP contribution < -0.4 is 15.2 Å². The first kappa shape index (κ1) is 21.7. The number of hydrogen-bond donors (Lipinski definition) is 1. The van der Waals surface area contributed by atoms with E-state index in [4.69, 9.17) is 4.74 Å². The summed E-state index contributed by atoms with van der Waals surface area (Å²) in [5.41, 5.74) is 3.60. The molecule has 2 heterocycles. The molecule has 2 fully saturated rings. The van der Waals surface area contributed by atoms with Crippen molar-refractivity contribution in [3.05, 3.63) is 24.0 Å². The average Bonchev–Trinajstić information content (AvgIpc) is 2.91. The van der Waals surface area contributed by atoms with Gasteiger partial charge in [-0.2, -0.15) is 0 Å². The van der Waals surface area contributed by atoms with Crippen molar-refractivity contribution >= 4 is 34.9 Å². The van der Waals surface area contributed by atoms with Crippen LogP contribution in [0.2, 0.25) is 0 Å². The first-order chi connectivity index (χ1) is 14.3. The third-order valence-corrected chi connectivity index (χ3v) is 5.10. The predicted octanol–water partition coefficient (Wildman–Crippen LogP) is 1.26. The molecule has 0 aromatic heterocycles. The number of cyclic esters (lactones) is 1. The Morgan fingerprint density at radius 1 is 1.20 bits per heavy atom. The maximum atomic E-state index is 14.9. The first-order valence-corrected chi connectivity index (χ1v) is 9.84. The van der Waals surface area contributed by atoms with Gasteiger partial charge in [-0.25, -0.2) is 14.6 Å². The number of nitrogens with one attached hydrogen (secondary N) is 1. The van der Waals surface area contributed by atoms with E-state index in [2.05, 4.69) is 5.43 Å². The van der Waals surface area contributed by atoms with Gasteiger partial charge in [-0.15, -0.1) is 0 Å². The number of Topliss-reactive ketones (excluding diaryl/α,β-unsaturated/α-hetero) is 2. The molecule has 0 spiro atoms. The standard InChI is InChI=1S/C20H25FN4O5/c1-13(26)3-5-16-12-24(20(29)30-16)15-4-6-18(17(21)11-15)23-8-7-22-25(10-9-23)19(28)14(2)27/h4,6,11,16,22H,3,5,7-10,12H2,1-2H3/t16-/m0/s1. The lowest BCUT2D eigenvalue weighted by atomic mass is 10.1. The number of ketones is 2. The molecule has 1 aromatic carbocycles. The van der Waals surface area contributed by atoms with Gasteiger partial charge in [0.1, 0.15) is 17.7 Å². The van der Waals surface area contributed by atoms with Crippen LogP contribution in [0.5, 0.6) is 0 Å². The first-order valence-electron chi connectivity index (χ1n) is 9.84. The molecule has 0 aliphatic carbocycles. The van der Waals surface area contributed by atoms with Gasteiger partial charge in [-0.05, 0) is 31.5 Å². The Hall–Kier alpha value is -3.01. The second kappa shape index (κ2) is 9.21. The normalized spacial score (nSPS) is 19.5. The molecule has 10 heteroatoms. The zero-order valence-corrected chi connectivity index (χ0v) is 17.0. The van der Waals surface area contributed by atoms with Crippen LogP contribution >= 0.6 is 0 Å². The van der Waals surface area contributed by atoms with E-state index in [1.165, 1.54) is 29.8 Å². The number of rotatable bonds is 6. The highest BCUT2D eigenvalue weighted by molar-refractivity contribution is 6.34. The van der Waals surface area contributed by atoms with E-state index < -0.39 is 29.7 Å². The van der Waals surface area contributed by atoms with E-state index in [1.807, 2.05) is 0 Å². The quantitative estimate of drug-likeness (QED) is 0.692. The summed E-state index contributed by atoms with van der Waals surface area (Å²) in [5.74, 6) is -1.67. The van der Waals surface area contributed by atoms with Gasteiger partial charge in [0, 0.05) is 33.0 Å². The maximum absolute atomic E-state index is 14.9.